The van der Waals surface area contributed by atoms with Crippen molar-refractivity contribution in [2.75, 3.05) is 6.61 Å². The minimum atomic E-state index is -0.214. The van der Waals surface area contributed by atoms with Gasteiger partial charge in [-0.3, -0.25) is 4.79 Å². The van der Waals surface area contributed by atoms with Crippen molar-refractivity contribution in [3.63, 3.8) is 0 Å². The molecule has 132 valence electrons. The van der Waals surface area contributed by atoms with E-state index in [1.807, 2.05) is 13.0 Å². The van der Waals surface area contributed by atoms with Crippen LogP contribution in [0.1, 0.15) is 45.9 Å². The number of ether oxygens (including phenoxy) is 1. The van der Waals surface area contributed by atoms with Crippen molar-refractivity contribution in [3.8, 4) is 11.5 Å². The van der Waals surface area contributed by atoms with Crippen LogP contribution in [0.15, 0.2) is 29.4 Å². The Morgan fingerprint density at radius 2 is 2.32 bits per heavy atom. The minimum absolute atomic E-state index is 0.0597. The number of nitrogens with zero attached hydrogens (tertiary/aromatic N) is 1. The van der Waals surface area contributed by atoms with Gasteiger partial charge >= 0.3 is 0 Å². The molecule has 25 heavy (non-hydrogen) atoms. The summed E-state index contributed by atoms with van der Waals surface area (Å²) >= 11 is 1.55. The van der Waals surface area contributed by atoms with Gasteiger partial charge in [-0.1, -0.05) is 6.92 Å². The number of carbonyl (C=O) groups is 1. The number of hydrogen-bond donors (Lipinski definition) is 2. The molecular weight excluding hydrogens is 336 g/mol. The van der Waals surface area contributed by atoms with E-state index in [9.17, 15) is 9.90 Å². The molecule has 2 N–H and O–H groups in total. The summed E-state index contributed by atoms with van der Waals surface area (Å²) in [7, 11) is 0. The summed E-state index contributed by atoms with van der Waals surface area (Å²) in [6, 6.07) is 6.96. The number of carbonyl (C=O) groups excluding carboxylic acids is 1. The number of phenols is 1. The summed E-state index contributed by atoms with van der Waals surface area (Å²) in [5.74, 6) is 1.12. The largest absolute Gasteiger partial charge is 0.507 e. The fourth-order valence-electron chi connectivity index (χ4n) is 2.92. The van der Waals surface area contributed by atoms with Crippen LogP contribution in [-0.4, -0.2) is 23.8 Å². The second-order valence-corrected chi connectivity index (χ2v) is 7.40. The van der Waals surface area contributed by atoms with Gasteiger partial charge in [0.2, 0.25) is 0 Å². The lowest BCUT2D eigenvalue weighted by atomic mass is 9.90. The van der Waals surface area contributed by atoms with Crippen molar-refractivity contribution in [2.45, 2.75) is 33.1 Å². The number of benzene rings is 1. The van der Waals surface area contributed by atoms with Crippen molar-refractivity contribution in [3.05, 3.63) is 45.1 Å². The Balaban J connectivity index is 1.63. The zero-order valence-electron chi connectivity index (χ0n) is 14.4. The third-order valence-corrected chi connectivity index (χ3v) is 5.47. The smallest absolute Gasteiger partial charge is 0.281 e. The number of phenolic OH excluding ortho intramolecular Hbond substituents is 1. The molecule has 0 bridgehead atoms. The fourth-order valence-corrected chi connectivity index (χ4v) is 4.02. The Kier molecular flexibility index (Phi) is 5.38. The van der Waals surface area contributed by atoms with Crippen LogP contribution in [0.5, 0.6) is 11.5 Å². The SMILES string of the molecule is CCOc1ccc(/C=N/NC(=O)c2cc3c(s2)CCC(C)C3)c(O)c1. The lowest BCUT2D eigenvalue weighted by Crippen LogP contribution is -2.16. The molecule has 1 atom stereocenters. The first-order valence-corrected chi connectivity index (χ1v) is 9.29. The number of aromatic hydroxyl groups is 1. The molecule has 1 aromatic heterocycles. The van der Waals surface area contributed by atoms with Gasteiger partial charge in [0, 0.05) is 16.5 Å². The van der Waals surface area contributed by atoms with Crippen molar-refractivity contribution in [1.29, 1.82) is 0 Å². The quantitative estimate of drug-likeness (QED) is 0.632. The highest BCUT2D eigenvalue weighted by Crippen LogP contribution is 2.32. The Labute approximate surface area is 151 Å². The van der Waals surface area contributed by atoms with E-state index < -0.39 is 0 Å². The molecule has 1 aliphatic rings. The van der Waals surface area contributed by atoms with E-state index in [1.165, 1.54) is 29.1 Å². The van der Waals surface area contributed by atoms with Crippen molar-refractivity contribution in [2.24, 2.45) is 11.0 Å². The first kappa shape index (κ1) is 17.5. The molecule has 0 radical (unpaired) electrons. The standard InChI is InChI=1S/C19H22N2O3S/c1-3-24-15-6-5-13(16(22)10-15)11-20-21-19(23)18-9-14-8-12(2)4-7-17(14)25-18/h5-6,9-12,22H,3-4,7-8H2,1-2H3,(H,21,23)/b20-11+. The molecule has 0 spiro atoms. The van der Waals surface area contributed by atoms with Gasteiger partial charge < -0.3 is 9.84 Å². The van der Waals surface area contributed by atoms with Crippen molar-refractivity contribution in [1.82, 2.24) is 5.43 Å². The van der Waals surface area contributed by atoms with Crippen LogP contribution in [0, 0.1) is 5.92 Å². The molecule has 0 fully saturated rings. The molecule has 0 saturated heterocycles. The number of fused-ring (bicyclic) bond motifs is 1. The summed E-state index contributed by atoms with van der Waals surface area (Å²) in [6.45, 7) is 4.66. The second-order valence-electron chi connectivity index (χ2n) is 6.26. The Bertz CT molecular complexity index is 798. The molecule has 0 saturated carbocycles. The molecule has 6 heteroatoms. The number of nitrogens with one attached hydrogen (secondary N) is 1. The lowest BCUT2D eigenvalue weighted by molar-refractivity contribution is 0.0959. The predicted octanol–water partition coefficient (Wildman–Crippen LogP) is 3.74. The molecule has 1 unspecified atom stereocenters. The van der Waals surface area contributed by atoms with Crippen LogP contribution in [0.3, 0.4) is 0 Å². The normalized spacial score (nSPS) is 16.6. The number of rotatable bonds is 5. The van der Waals surface area contributed by atoms with E-state index in [0.717, 1.165) is 12.8 Å². The third-order valence-electron chi connectivity index (χ3n) is 4.24. The number of aryl methyl sites for hydroxylation is 1. The third kappa shape index (κ3) is 4.20. The zero-order chi connectivity index (χ0) is 17.8. The van der Waals surface area contributed by atoms with E-state index in [2.05, 4.69) is 17.5 Å². The number of hydrogen-bond acceptors (Lipinski definition) is 5. The summed E-state index contributed by atoms with van der Waals surface area (Å²) in [5.41, 5.74) is 4.34. The lowest BCUT2D eigenvalue weighted by Gasteiger charge is -2.16. The first-order valence-electron chi connectivity index (χ1n) is 8.47. The minimum Gasteiger partial charge on any atom is -0.507 e. The van der Waals surface area contributed by atoms with Gasteiger partial charge in [0.15, 0.2) is 0 Å². The summed E-state index contributed by atoms with van der Waals surface area (Å²) in [6.07, 6.45) is 4.71. The van der Waals surface area contributed by atoms with E-state index in [-0.39, 0.29) is 11.7 Å². The maximum atomic E-state index is 12.3. The molecule has 5 nitrogen and oxygen atoms in total. The van der Waals surface area contributed by atoms with E-state index >= 15 is 0 Å². The maximum Gasteiger partial charge on any atom is 0.281 e. The highest BCUT2D eigenvalue weighted by atomic mass is 32.1. The molecule has 3 rings (SSSR count). The van der Waals surface area contributed by atoms with Crippen molar-refractivity contribution < 1.29 is 14.6 Å². The topological polar surface area (TPSA) is 70.9 Å². The van der Waals surface area contributed by atoms with E-state index in [0.29, 0.717) is 28.7 Å². The van der Waals surface area contributed by atoms with E-state index in [4.69, 9.17) is 4.74 Å². The van der Waals surface area contributed by atoms with Gasteiger partial charge in [-0.15, -0.1) is 11.3 Å². The number of thiophene rings is 1. The van der Waals surface area contributed by atoms with Crippen LogP contribution in [0.2, 0.25) is 0 Å². The Morgan fingerprint density at radius 3 is 3.08 bits per heavy atom. The Hall–Kier alpha value is -2.34. The monoisotopic (exact) mass is 358 g/mol. The van der Waals surface area contributed by atoms with Gasteiger partial charge in [0.05, 0.1) is 17.7 Å². The molecule has 1 aromatic carbocycles. The molecule has 1 amide bonds. The number of hydrazone groups is 1. The average Bonchev–Trinajstić information content (AvgIpc) is 3.00. The van der Waals surface area contributed by atoms with Crippen LogP contribution < -0.4 is 10.2 Å². The molecular formula is C19H22N2O3S. The van der Waals surface area contributed by atoms with Crippen LogP contribution in [0.4, 0.5) is 0 Å². The van der Waals surface area contributed by atoms with Crippen LogP contribution in [0.25, 0.3) is 0 Å². The maximum absolute atomic E-state index is 12.3. The highest BCUT2D eigenvalue weighted by molar-refractivity contribution is 7.14. The number of amides is 1. The van der Waals surface area contributed by atoms with Crippen LogP contribution >= 0.6 is 11.3 Å². The average molecular weight is 358 g/mol. The van der Waals surface area contributed by atoms with Gasteiger partial charge in [-0.25, -0.2) is 5.43 Å². The molecule has 2 aromatic rings. The second kappa shape index (κ2) is 7.70. The van der Waals surface area contributed by atoms with Gasteiger partial charge in [-0.05, 0) is 55.9 Å². The summed E-state index contributed by atoms with van der Waals surface area (Å²) < 4.78 is 5.32. The van der Waals surface area contributed by atoms with Gasteiger partial charge in [0.1, 0.15) is 11.5 Å². The first-order chi connectivity index (χ1) is 12.1. The highest BCUT2D eigenvalue weighted by Gasteiger charge is 2.20. The Morgan fingerprint density at radius 1 is 1.48 bits per heavy atom. The fraction of sp³-hybridized carbons (Fsp3) is 0.368. The molecule has 0 aliphatic heterocycles. The van der Waals surface area contributed by atoms with E-state index in [1.54, 1.807) is 23.5 Å². The predicted molar refractivity (Wildman–Crippen MR) is 99.8 cm³/mol. The summed E-state index contributed by atoms with van der Waals surface area (Å²) in [5, 5.41) is 13.9. The molecule has 1 aliphatic carbocycles. The molecule has 1 heterocycles. The zero-order valence-corrected chi connectivity index (χ0v) is 15.2. The van der Waals surface area contributed by atoms with Crippen molar-refractivity contribution >= 4 is 23.5 Å². The van der Waals surface area contributed by atoms with Crippen LogP contribution in [-0.2, 0) is 12.8 Å². The summed E-state index contributed by atoms with van der Waals surface area (Å²) in [4.78, 5) is 14.3. The van der Waals surface area contributed by atoms with Gasteiger partial charge in [0.25, 0.3) is 5.91 Å². The van der Waals surface area contributed by atoms with Gasteiger partial charge in [-0.2, -0.15) is 5.10 Å².